The molecule has 116 valence electrons. The molecule has 0 N–H and O–H groups in total. The van der Waals surface area contributed by atoms with Crippen molar-refractivity contribution in [3.05, 3.63) is 27.5 Å². The number of nitrogens with zero attached hydrogens (tertiary/aromatic N) is 1. The maximum Gasteiger partial charge on any atom is 0.264 e. The van der Waals surface area contributed by atoms with Gasteiger partial charge in [-0.05, 0) is 24.8 Å². The smallest absolute Gasteiger partial charge is 0.264 e. The van der Waals surface area contributed by atoms with Crippen LogP contribution in [0.5, 0.6) is 0 Å². The fourth-order valence-electron chi connectivity index (χ4n) is 1.93. The van der Waals surface area contributed by atoms with Crippen molar-refractivity contribution in [3.63, 3.8) is 0 Å². The van der Waals surface area contributed by atoms with Gasteiger partial charge in [-0.2, -0.15) is 0 Å². The summed E-state index contributed by atoms with van der Waals surface area (Å²) in [6.45, 7) is 0.502. The third-order valence-electron chi connectivity index (χ3n) is 3.17. The van der Waals surface area contributed by atoms with E-state index < -0.39 is 35.7 Å². The lowest BCUT2D eigenvalue weighted by molar-refractivity contribution is 0.0788. The molecule has 0 aromatic heterocycles. The standard InChI is InChI=1S/C12H11Cl3FNO3S/c1-17(5-6-2-3-6)12(18)7-4-8(16)10(14)11(9(7)13)21(15,19)20/h4,6H,2-3,5H2,1H3. The number of hydrogen-bond acceptors (Lipinski definition) is 3. The van der Waals surface area contributed by atoms with Gasteiger partial charge >= 0.3 is 0 Å². The molecule has 9 heteroatoms. The zero-order chi connectivity index (χ0) is 15.9. The molecule has 1 fully saturated rings. The highest BCUT2D eigenvalue weighted by Gasteiger charge is 2.30. The minimum Gasteiger partial charge on any atom is -0.341 e. The van der Waals surface area contributed by atoms with Gasteiger partial charge in [0.2, 0.25) is 0 Å². The predicted octanol–water partition coefficient (Wildman–Crippen LogP) is 3.54. The number of amides is 1. The molecule has 0 aliphatic heterocycles. The predicted molar refractivity (Wildman–Crippen MR) is 79.1 cm³/mol. The molecule has 0 bridgehead atoms. The SMILES string of the molecule is CN(CC1CC1)C(=O)c1cc(F)c(Cl)c(S(=O)(=O)Cl)c1Cl. The van der Waals surface area contributed by atoms with Gasteiger partial charge in [-0.3, -0.25) is 4.79 Å². The van der Waals surface area contributed by atoms with E-state index in [9.17, 15) is 17.6 Å². The summed E-state index contributed by atoms with van der Waals surface area (Å²) in [4.78, 5) is 12.9. The summed E-state index contributed by atoms with van der Waals surface area (Å²) in [6.07, 6.45) is 2.06. The Morgan fingerprint density at radius 3 is 2.43 bits per heavy atom. The van der Waals surface area contributed by atoms with Crippen LogP contribution in [0.3, 0.4) is 0 Å². The molecule has 1 aliphatic rings. The molecule has 0 spiro atoms. The Kier molecular flexibility index (Phi) is 4.73. The Morgan fingerprint density at radius 2 is 1.95 bits per heavy atom. The van der Waals surface area contributed by atoms with Crippen LogP contribution in [0.15, 0.2) is 11.0 Å². The second-order valence-electron chi connectivity index (χ2n) is 4.93. The molecule has 1 aliphatic carbocycles. The first-order valence-electron chi connectivity index (χ1n) is 6.00. The van der Waals surface area contributed by atoms with Crippen molar-refractivity contribution < 1.29 is 17.6 Å². The van der Waals surface area contributed by atoms with E-state index in [1.165, 1.54) is 4.90 Å². The number of benzene rings is 1. The van der Waals surface area contributed by atoms with Crippen LogP contribution in [0, 0.1) is 11.7 Å². The van der Waals surface area contributed by atoms with Crippen molar-refractivity contribution in [3.8, 4) is 0 Å². The fourth-order valence-corrected chi connectivity index (χ4v) is 4.30. The Bertz CT molecular complexity index is 704. The van der Waals surface area contributed by atoms with Gasteiger partial charge in [0.05, 0.1) is 15.6 Å². The number of carbonyl (C=O) groups excluding carboxylic acids is 1. The molecule has 21 heavy (non-hydrogen) atoms. The van der Waals surface area contributed by atoms with Crippen LogP contribution in [0.2, 0.25) is 10.0 Å². The summed E-state index contributed by atoms with van der Waals surface area (Å²) >= 11 is 11.5. The largest absolute Gasteiger partial charge is 0.341 e. The maximum atomic E-state index is 13.8. The van der Waals surface area contributed by atoms with E-state index >= 15 is 0 Å². The molecule has 0 atom stereocenters. The lowest BCUT2D eigenvalue weighted by Crippen LogP contribution is -2.29. The van der Waals surface area contributed by atoms with Crippen molar-refractivity contribution in [1.29, 1.82) is 0 Å². The summed E-state index contributed by atoms with van der Waals surface area (Å²) in [7, 11) is 2.36. The summed E-state index contributed by atoms with van der Waals surface area (Å²) in [5.74, 6) is -1.22. The van der Waals surface area contributed by atoms with Crippen LogP contribution in [0.25, 0.3) is 0 Å². The Morgan fingerprint density at radius 1 is 1.38 bits per heavy atom. The van der Waals surface area contributed by atoms with E-state index in [1.54, 1.807) is 7.05 Å². The van der Waals surface area contributed by atoms with Crippen molar-refractivity contribution in [2.45, 2.75) is 17.7 Å². The zero-order valence-corrected chi connectivity index (χ0v) is 14.0. The molecule has 0 unspecified atom stereocenters. The highest BCUT2D eigenvalue weighted by molar-refractivity contribution is 8.14. The first-order valence-corrected chi connectivity index (χ1v) is 9.07. The van der Waals surface area contributed by atoms with Gasteiger partial charge in [-0.1, -0.05) is 23.2 Å². The summed E-state index contributed by atoms with van der Waals surface area (Å²) < 4.78 is 36.7. The third-order valence-corrected chi connectivity index (χ3v) is 5.51. The molecule has 1 saturated carbocycles. The van der Waals surface area contributed by atoms with E-state index in [0.29, 0.717) is 12.5 Å². The lowest BCUT2D eigenvalue weighted by atomic mass is 10.2. The van der Waals surface area contributed by atoms with Crippen LogP contribution in [-0.2, 0) is 9.05 Å². The number of rotatable bonds is 4. The Labute approximate surface area is 136 Å². The molecule has 4 nitrogen and oxygen atoms in total. The van der Waals surface area contributed by atoms with Gasteiger partial charge in [0.15, 0.2) is 0 Å². The quantitative estimate of drug-likeness (QED) is 0.598. The van der Waals surface area contributed by atoms with Gasteiger partial charge in [0, 0.05) is 24.3 Å². The van der Waals surface area contributed by atoms with Gasteiger partial charge < -0.3 is 4.90 Å². The molecule has 0 heterocycles. The maximum absolute atomic E-state index is 13.8. The van der Waals surface area contributed by atoms with Crippen molar-refractivity contribution in [2.24, 2.45) is 5.92 Å². The first kappa shape index (κ1) is 16.8. The van der Waals surface area contributed by atoms with E-state index in [-0.39, 0.29) is 5.56 Å². The molecule has 2 rings (SSSR count). The highest BCUT2D eigenvalue weighted by Crippen LogP contribution is 2.37. The molecule has 1 aromatic rings. The summed E-state index contributed by atoms with van der Waals surface area (Å²) in [6, 6.07) is 0.821. The molecular weight excluding hydrogens is 364 g/mol. The van der Waals surface area contributed by atoms with E-state index in [1.807, 2.05) is 0 Å². The van der Waals surface area contributed by atoms with Crippen molar-refractivity contribution in [2.75, 3.05) is 13.6 Å². The lowest BCUT2D eigenvalue weighted by Gasteiger charge is -2.18. The molecule has 1 amide bonds. The van der Waals surface area contributed by atoms with E-state index in [0.717, 1.165) is 18.9 Å². The normalized spacial score (nSPS) is 15.1. The Hall–Kier alpha value is -0.560. The second kappa shape index (κ2) is 5.91. The van der Waals surface area contributed by atoms with Crippen LogP contribution in [0.1, 0.15) is 23.2 Å². The van der Waals surface area contributed by atoms with Gasteiger partial charge in [-0.25, -0.2) is 12.8 Å². The minimum atomic E-state index is -4.38. The highest BCUT2D eigenvalue weighted by atomic mass is 35.7. The van der Waals surface area contributed by atoms with Crippen molar-refractivity contribution in [1.82, 2.24) is 4.90 Å². The van der Waals surface area contributed by atoms with Crippen LogP contribution < -0.4 is 0 Å². The van der Waals surface area contributed by atoms with Gasteiger partial charge in [0.1, 0.15) is 10.7 Å². The topological polar surface area (TPSA) is 54.5 Å². The van der Waals surface area contributed by atoms with E-state index in [2.05, 4.69) is 0 Å². The first-order chi connectivity index (χ1) is 9.62. The van der Waals surface area contributed by atoms with E-state index in [4.69, 9.17) is 33.9 Å². The van der Waals surface area contributed by atoms with Crippen LogP contribution in [-0.4, -0.2) is 32.8 Å². The van der Waals surface area contributed by atoms with Crippen LogP contribution >= 0.6 is 33.9 Å². The fraction of sp³-hybridized carbons (Fsp3) is 0.417. The zero-order valence-electron chi connectivity index (χ0n) is 10.9. The van der Waals surface area contributed by atoms with Crippen LogP contribution in [0.4, 0.5) is 4.39 Å². The third kappa shape index (κ3) is 3.62. The van der Waals surface area contributed by atoms with Gasteiger partial charge in [0.25, 0.3) is 15.0 Å². The average molecular weight is 375 g/mol. The monoisotopic (exact) mass is 373 g/mol. The molecular formula is C12H11Cl3FNO3S. The Balaban J connectivity index is 2.49. The molecule has 0 radical (unpaired) electrons. The number of carbonyl (C=O) groups is 1. The number of hydrogen-bond donors (Lipinski definition) is 0. The average Bonchev–Trinajstić information content (AvgIpc) is 3.15. The van der Waals surface area contributed by atoms with Gasteiger partial charge in [-0.15, -0.1) is 0 Å². The van der Waals surface area contributed by atoms with Crippen molar-refractivity contribution >= 4 is 48.8 Å². The molecule has 0 saturated heterocycles. The molecule has 1 aromatic carbocycles. The minimum absolute atomic E-state index is 0.277. The second-order valence-corrected chi connectivity index (χ2v) is 8.19. The summed E-state index contributed by atoms with van der Waals surface area (Å²) in [5.41, 5.74) is -0.277. The summed E-state index contributed by atoms with van der Waals surface area (Å²) in [5, 5.41) is -1.19. The number of halogens is 4.